The van der Waals surface area contributed by atoms with E-state index in [0.29, 0.717) is 31.3 Å². The monoisotopic (exact) mass is 671 g/mol. The van der Waals surface area contributed by atoms with Gasteiger partial charge >= 0.3 is 0 Å². The minimum atomic E-state index is -0.956. The maximum atomic E-state index is 13.8. The molecular formula is C28H16BrCl2N3O4S2. The molecule has 0 bridgehead atoms. The first-order valence-corrected chi connectivity index (χ1v) is 15.1. The Bertz CT molecular complexity index is 1800. The molecule has 0 fully saturated rings. The number of Topliss-reactive ketones (excluding diaryl/α,β-unsaturated/α-hetero) is 1. The number of rotatable bonds is 7. The van der Waals surface area contributed by atoms with Crippen LogP contribution in [0.25, 0.3) is 11.0 Å². The third-order valence-corrected chi connectivity index (χ3v) is 9.42. The van der Waals surface area contributed by atoms with Crippen molar-refractivity contribution in [3.63, 3.8) is 0 Å². The van der Waals surface area contributed by atoms with Gasteiger partial charge in [0.25, 0.3) is 5.91 Å². The largest absolute Gasteiger partial charge is 0.503 e. The molecule has 0 saturated heterocycles. The first kappa shape index (κ1) is 27.0. The lowest BCUT2D eigenvalue weighted by Gasteiger charge is -2.24. The van der Waals surface area contributed by atoms with Crippen LogP contribution in [0.5, 0.6) is 0 Å². The van der Waals surface area contributed by atoms with Crippen LogP contribution in [-0.2, 0) is 10.5 Å². The summed E-state index contributed by atoms with van der Waals surface area (Å²) in [4.78, 5) is 28.6. The molecule has 3 heterocycles. The molecule has 12 heteroatoms. The van der Waals surface area contributed by atoms with Crippen LogP contribution in [0, 0.1) is 0 Å². The molecule has 1 amide bonds. The Morgan fingerprint density at radius 1 is 1.07 bits per heavy atom. The van der Waals surface area contributed by atoms with Crippen LogP contribution in [0.4, 0.5) is 5.13 Å². The number of aliphatic hydroxyl groups is 1. The quantitative estimate of drug-likeness (QED) is 0.105. The van der Waals surface area contributed by atoms with Crippen LogP contribution < -0.4 is 4.90 Å². The van der Waals surface area contributed by atoms with Gasteiger partial charge in [0.1, 0.15) is 5.58 Å². The minimum absolute atomic E-state index is 0.0192. The number of para-hydroxylation sites is 1. The molecule has 1 N–H and O–H groups in total. The number of hydrogen-bond acceptors (Lipinski definition) is 8. The van der Waals surface area contributed by atoms with Crippen molar-refractivity contribution in [2.24, 2.45) is 0 Å². The number of halogens is 3. The molecule has 5 aromatic rings. The summed E-state index contributed by atoms with van der Waals surface area (Å²) in [6, 6.07) is 20.3. The van der Waals surface area contributed by atoms with E-state index in [4.69, 9.17) is 27.6 Å². The number of aliphatic hydroxyl groups excluding tert-OH is 1. The van der Waals surface area contributed by atoms with Crippen molar-refractivity contribution in [1.29, 1.82) is 0 Å². The lowest BCUT2D eigenvalue weighted by atomic mass is 9.95. The Hall–Kier alpha value is -3.15. The van der Waals surface area contributed by atoms with Crippen LogP contribution >= 0.6 is 62.2 Å². The van der Waals surface area contributed by atoms with Gasteiger partial charge in [0.2, 0.25) is 10.9 Å². The first-order valence-electron chi connectivity index (χ1n) is 11.8. The van der Waals surface area contributed by atoms with Crippen LogP contribution in [-0.4, -0.2) is 27.0 Å². The molecule has 0 spiro atoms. The minimum Gasteiger partial charge on any atom is -0.503 e. The highest BCUT2D eigenvalue weighted by Crippen LogP contribution is 2.44. The van der Waals surface area contributed by atoms with E-state index >= 15 is 0 Å². The zero-order valence-corrected chi connectivity index (χ0v) is 24.9. The second kappa shape index (κ2) is 11.0. The predicted molar refractivity (Wildman–Crippen MR) is 161 cm³/mol. The third-order valence-electron chi connectivity index (χ3n) is 6.23. The molecule has 1 unspecified atom stereocenters. The summed E-state index contributed by atoms with van der Waals surface area (Å²) in [7, 11) is 0. The summed E-state index contributed by atoms with van der Waals surface area (Å²) < 4.78 is 7.11. The first-order chi connectivity index (χ1) is 19.3. The topological polar surface area (TPSA) is 96.5 Å². The van der Waals surface area contributed by atoms with Crippen molar-refractivity contribution >= 4 is 90.0 Å². The van der Waals surface area contributed by atoms with E-state index in [1.807, 2.05) is 24.3 Å². The molecule has 0 radical (unpaired) electrons. The number of hydrogen-bond donors (Lipinski definition) is 1. The van der Waals surface area contributed by atoms with Crippen molar-refractivity contribution in [3.8, 4) is 0 Å². The maximum Gasteiger partial charge on any atom is 0.296 e. The van der Waals surface area contributed by atoms with Crippen molar-refractivity contribution < 1.29 is 19.1 Å². The number of amides is 1. The number of fused-ring (bicyclic) bond motifs is 1. The lowest BCUT2D eigenvalue weighted by molar-refractivity contribution is -0.117. The predicted octanol–water partition coefficient (Wildman–Crippen LogP) is 8.43. The van der Waals surface area contributed by atoms with Crippen LogP contribution in [0.2, 0.25) is 10.0 Å². The van der Waals surface area contributed by atoms with E-state index in [2.05, 4.69) is 26.1 Å². The van der Waals surface area contributed by atoms with Gasteiger partial charge in [-0.2, -0.15) is 0 Å². The van der Waals surface area contributed by atoms with Gasteiger partial charge in [-0.1, -0.05) is 98.6 Å². The number of anilines is 1. The molecule has 7 nitrogen and oxygen atoms in total. The smallest absolute Gasteiger partial charge is 0.296 e. The van der Waals surface area contributed by atoms with E-state index in [9.17, 15) is 14.7 Å². The fourth-order valence-electron chi connectivity index (χ4n) is 4.39. The van der Waals surface area contributed by atoms with Crippen molar-refractivity contribution in [3.05, 3.63) is 116 Å². The van der Waals surface area contributed by atoms with E-state index in [-0.39, 0.29) is 16.5 Å². The molecule has 0 aliphatic carbocycles. The van der Waals surface area contributed by atoms with Gasteiger partial charge in [0.15, 0.2) is 15.9 Å². The summed E-state index contributed by atoms with van der Waals surface area (Å²) >= 11 is 18.3. The average molecular weight is 673 g/mol. The maximum absolute atomic E-state index is 13.8. The molecule has 1 aliphatic rings. The lowest BCUT2D eigenvalue weighted by Crippen LogP contribution is -2.31. The summed E-state index contributed by atoms with van der Waals surface area (Å²) in [6.07, 6.45) is 0. The van der Waals surface area contributed by atoms with Gasteiger partial charge < -0.3 is 9.52 Å². The Balaban J connectivity index is 1.36. The third kappa shape index (κ3) is 5.06. The van der Waals surface area contributed by atoms with Crippen LogP contribution in [0.1, 0.15) is 27.7 Å². The zero-order chi connectivity index (χ0) is 28.0. The number of furan rings is 1. The molecule has 2 aromatic heterocycles. The fraction of sp³-hybridized carbons (Fsp3) is 0.0714. The second-order valence-electron chi connectivity index (χ2n) is 8.75. The van der Waals surface area contributed by atoms with Gasteiger partial charge in [0.05, 0.1) is 11.6 Å². The highest BCUT2D eigenvalue weighted by atomic mass is 79.9. The number of thioether (sulfide) groups is 1. The van der Waals surface area contributed by atoms with E-state index < -0.39 is 23.5 Å². The van der Waals surface area contributed by atoms with Gasteiger partial charge in [0, 0.05) is 25.7 Å². The highest BCUT2D eigenvalue weighted by molar-refractivity contribution is 9.10. The Morgan fingerprint density at radius 2 is 1.90 bits per heavy atom. The molecule has 200 valence electrons. The number of nitrogens with zero attached hydrogens (tertiary/aromatic N) is 3. The van der Waals surface area contributed by atoms with E-state index in [1.54, 1.807) is 48.5 Å². The number of aromatic nitrogens is 2. The fourth-order valence-corrected chi connectivity index (χ4v) is 7.23. The number of benzene rings is 3. The number of ketones is 1. The van der Waals surface area contributed by atoms with Crippen LogP contribution in [0.15, 0.2) is 97.4 Å². The second-order valence-corrected chi connectivity index (χ2v) is 12.7. The molecule has 3 aromatic carbocycles. The summed E-state index contributed by atoms with van der Waals surface area (Å²) in [5.41, 5.74) is 1.90. The Labute approximate surface area is 254 Å². The van der Waals surface area contributed by atoms with Gasteiger partial charge in [-0.3, -0.25) is 14.5 Å². The molecule has 0 saturated carbocycles. The molecule has 40 heavy (non-hydrogen) atoms. The Morgan fingerprint density at radius 3 is 2.67 bits per heavy atom. The van der Waals surface area contributed by atoms with E-state index in [1.165, 1.54) is 28.0 Å². The highest BCUT2D eigenvalue weighted by Gasteiger charge is 2.46. The van der Waals surface area contributed by atoms with Gasteiger partial charge in [-0.05, 0) is 47.5 Å². The Kier molecular flexibility index (Phi) is 7.45. The molecule has 1 aliphatic heterocycles. The number of carbonyl (C=O) groups excluding carboxylic acids is 2. The van der Waals surface area contributed by atoms with E-state index in [0.717, 1.165) is 15.4 Å². The van der Waals surface area contributed by atoms with Crippen molar-refractivity contribution in [2.45, 2.75) is 16.1 Å². The number of carbonyl (C=O) groups is 2. The van der Waals surface area contributed by atoms with Crippen molar-refractivity contribution in [1.82, 2.24) is 10.2 Å². The molecular weight excluding hydrogens is 657 g/mol. The average Bonchev–Trinajstić information content (AvgIpc) is 3.64. The summed E-state index contributed by atoms with van der Waals surface area (Å²) in [5.74, 6) is -1.48. The molecule has 1 atom stereocenters. The SMILES string of the molecule is O=C(C1=C(O)C(=O)N(c2nnc(SCc3ccc(Cl)cc3Cl)s2)C1c1cccc(Br)c1)c1cc2ccccc2o1. The van der Waals surface area contributed by atoms with Gasteiger partial charge in [-0.25, -0.2) is 0 Å². The van der Waals surface area contributed by atoms with Crippen molar-refractivity contribution in [2.75, 3.05) is 4.90 Å². The normalized spacial score (nSPS) is 15.4. The molecule has 6 rings (SSSR count). The summed E-state index contributed by atoms with van der Waals surface area (Å²) in [5, 5.41) is 21.6. The van der Waals surface area contributed by atoms with Gasteiger partial charge in [-0.15, -0.1) is 10.2 Å². The zero-order valence-electron chi connectivity index (χ0n) is 20.2. The van der Waals surface area contributed by atoms with Crippen LogP contribution in [0.3, 0.4) is 0 Å². The summed E-state index contributed by atoms with van der Waals surface area (Å²) in [6.45, 7) is 0. The standard InChI is InChI=1S/C28H16BrCl2N3O4S2/c29-17-6-3-5-15(10-17)23-22(24(35)21-11-14-4-1-2-7-20(14)38-21)25(36)26(37)34(23)27-32-33-28(40-27)39-13-16-8-9-18(30)12-19(16)31/h1-12,23,36H,13H2.